The number of likely N-dealkylation sites (tertiary alicyclic amines) is 1. The van der Waals surface area contributed by atoms with Crippen molar-refractivity contribution >= 4 is 11.6 Å². The molecule has 0 saturated carbocycles. The van der Waals surface area contributed by atoms with Gasteiger partial charge in [-0.25, -0.2) is 4.39 Å². The number of hydrogen-bond donors (Lipinski definition) is 1. The smallest absolute Gasteiger partial charge is 0.230 e. The minimum Gasteiger partial charge on any atom is -0.326 e. The number of anilines is 1. The summed E-state index contributed by atoms with van der Waals surface area (Å²) in [4.78, 5) is 15.1. The Morgan fingerprint density at radius 3 is 2.41 bits per heavy atom. The van der Waals surface area contributed by atoms with Gasteiger partial charge in [0.15, 0.2) is 0 Å². The molecule has 1 amide bonds. The summed E-state index contributed by atoms with van der Waals surface area (Å²) in [6.45, 7) is 8.77. The number of benzene rings is 2. The van der Waals surface area contributed by atoms with Crippen molar-refractivity contribution in [2.75, 3.05) is 18.4 Å². The van der Waals surface area contributed by atoms with Crippen molar-refractivity contribution < 1.29 is 9.18 Å². The minimum absolute atomic E-state index is 0.0882. The van der Waals surface area contributed by atoms with Crippen LogP contribution in [0.1, 0.15) is 50.7 Å². The molecule has 1 heterocycles. The Bertz CT molecular complexity index is 777. The molecule has 1 aliphatic rings. The van der Waals surface area contributed by atoms with Crippen LogP contribution in [-0.2, 0) is 11.3 Å². The van der Waals surface area contributed by atoms with E-state index in [2.05, 4.69) is 36.2 Å². The zero-order valence-electron chi connectivity index (χ0n) is 16.5. The second-order valence-corrected chi connectivity index (χ2v) is 8.20. The molecule has 3 rings (SSSR count). The second kappa shape index (κ2) is 8.22. The standard InChI is InChI=1S/C23H29FN2O/c1-17(2)19-7-9-21(10-8-19)25-22(27)23(3)11-13-26(14-12-23)16-18-5-4-6-20(24)15-18/h4-10,15,17H,11-14,16H2,1-3H3,(H,25,27). The van der Waals surface area contributed by atoms with Gasteiger partial charge in [-0.15, -0.1) is 0 Å². The van der Waals surface area contributed by atoms with Gasteiger partial charge in [0.05, 0.1) is 0 Å². The van der Waals surface area contributed by atoms with E-state index in [4.69, 9.17) is 0 Å². The topological polar surface area (TPSA) is 32.3 Å². The van der Waals surface area contributed by atoms with Crippen LogP contribution < -0.4 is 5.32 Å². The highest BCUT2D eigenvalue weighted by Gasteiger charge is 2.36. The molecule has 0 atom stereocenters. The summed E-state index contributed by atoms with van der Waals surface area (Å²) in [6.07, 6.45) is 1.61. The maximum absolute atomic E-state index is 13.4. The largest absolute Gasteiger partial charge is 0.326 e. The Morgan fingerprint density at radius 2 is 1.81 bits per heavy atom. The molecule has 3 nitrogen and oxygen atoms in total. The number of nitrogens with one attached hydrogen (secondary N) is 1. The monoisotopic (exact) mass is 368 g/mol. The van der Waals surface area contributed by atoms with Gasteiger partial charge < -0.3 is 5.32 Å². The third kappa shape index (κ3) is 4.95. The van der Waals surface area contributed by atoms with Gasteiger partial charge in [-0.1, -0.05) is 45.0 Å². The summed E-state index contributed by atoms with van der Waals surface area (Å²) in [5.41, 5.74) is 2.74. The molecule has 144 valence electrons. The fraction of sp³-hybridized carbons (Fsp3) is 0.435. The fourth-order valence-corrected chi connectivity index (χ4v) is 3.56. The van der Waals surface area contributed by atoms with Crippen molar-refractivity contribution in [3.8, 4) is 0 Å². The molecule has 2 aromatic carbocycles. The van der Waals surface area contributed by atoms with Crippen molar-refractivity contribution in [2.24, 2.45) is 5.41 Å². The van der Waals surface area contributed by atoms with Gasteiger partial charge in [-0.3, -0.25) is 9.69 Å². The fourth-order valence-electron chi connectivity index (χ4n) is 3.56. The quantitative estimate of drug-likeness (QED) is 0.788. The number of amides is 1. The number of piperidine rings is 1. The summed E-state index contributed by atoms with van der Waals surface area (Å²) in [5, 5.41) is 3.08. The van der Waals surface area contributed by atoms with E-state index in [-0.39, 0.29) is 17.1 Å². The van der Waals surface area contributed by atoms with E-state index >= 15 is 0 Å². The first-order valence-corrected chi connectivity index (χ1v) is 9.74. The number of rotatable bonds is 5. The van der Waals surface area contributed by atoms with E-state index in [1.54, 1.807) is 12.1 Å². The van der Waals surface area contributed by atoms with Gasteiger partial charge in [0.25, 0.3) is 0 Å². The summed E-state index contributed by atoms with van der Waals surface area (Å²) in [5.74, 6) is 0.372. The molecule has 0 spiro atoms. The van der Waals surface area contributed by atoms with Crippen LogP contribution in [0.25, 0.3) is 0 Å². The molecular formula is C23H29FN2O. The lowest BCUT2D eigenvalue weighted by Crippen LogP contribution is -2.44. The predicted molar refractivity (Wildman–Crippen MR) is 108 cm³/mol. The van der Waals surface area contributed by atoms with Crippen LogP contribution >= 0.6 is 0 Å². The summed E-state index contributed by atoms with van der Waals surface area (Å²) < 4.78 is 13.4. The van der Waals surface area contributed by atoms with Crippen molar-refractivity contribution in [1.82, 2.24) is 4.90 Å². The molecule has 27 heavy (non-hydrogen) atoms. The molecule has 0 aliphatic carbocycles. The highest BCUT2D eigenvalue weighted by Crippen LogP contribution is 2.33. The van der Waals surface area contributed by atoms with Gasteiger partial charge >= 0.3 is 0 Å². The number of hydrogen-bond acceptors (Lipinski definition) is 2. The van der Waals surface area contributed by atoms with Crippen LogP contribution in [0.5, 0.6) is 0 Å². The normalized spacial score (nSPS) is 17.1. The average molecular weight is 368 g/mol. The second-order valence-electron chi connectivity index (χ2n) is 8.20. The zero-order chi connectivity index (χ0) is 19.4. The number of nitrogens with zero attached hydrogens (tertiary/aromatic N) is 1. The molecule has 1 fully saturated rings. The van der Waals surface area contributed by atoms with Gasteiger partial charge in [-0.05, 0) is 67.2 Å². The molecule has 0 unspecified atom stereocenters. The highest BCUT2D eigenvalue weighted by atomic mass is 19.1. The third-order valence-electron chi connectivity index (χ3n) is 5.64. The summed E-state index contributed by atoms with van der Waals surface area (Å²) >= 11 is 0. The molecule has 2 aromatic rings. The summed E-state index contributed by atoms with van der Waals surface area (Å²) in [6, 6.07) is 14.9. The first kappa shape index (κ1) is 19.6. The lowest BCUT2D eigenvalue weighted by atomic mass is 9.79. The van der Waals surface area contributed by atoms with E-state index in [0.29, 0.717) is 5.92 Å². The van der Waals surface area contributed by atoms with Crippen LogP contribution in [0.3, 0.4) is 0 Å². The molecule has 1 saturated heterocycles. The van der Waals surface area contributed by atoms with Gasteiger partial charge in [-0.2, -0.15) is 0 Å². The first-order chi connectivity index (χ1) is 12.9. The van der Waals surface area contributed by atoms with Gasteiger partial charge in [0.2, 0.25) is 5.91 Å². The van der Waals surface area contributed by atoms with Gasteiger partial charge in [0.1, 0.15) is 5.82 Å². The molecular weight excluding hydrogens is 339 g/mol. The van der Waals surface area contributed by atoms with Gasteiger partial charge in [0, 0.05) is 17.6 Å². The Labute approximate surface area is 161 Å². The molecule has 1 aliphatic heterocycles. The minimum atomic E-state index is -0.366. The SMILES string of the molecule is CC(C)c1ccc(NC(=O)C2(C)CCN(Cc3cccc(F)c3)CC2)cc1. The number of halogens is 1. The van der Waals surface area contributed by atoms with E-state index in [0.717, 1.165) is 43.7 Å². The third-order valence-corrected chi connectivity index (χ3v) is 5.64. The molecule has 0 bridgehead atoms. The van der Waals surface area contributed by atoms with Crippen molar-refractivity contribution in [3.63, 3.8) is 0 Å². The first-order valence-electron chi connectivity index (χ1n) is 9.74. The van der Waals surface area contributed by atoms with E-state index in [1.165, 1.54) is 11.6 Å². The van der Waals surface area contributed by atoms with Crippen LogP contribution in [0, 0.1) is 11.2 Å². The molecule has 0 aromatic heterocycles. The maximum atomic E-state index is 13.4. The van der Waals surface area contributed by atoms with Crippen LogP contribution in [0.4, 0.5) is 10.1 Å². The van der Waals surface area contributed by atoms with E-state index in [9.17, 15) is 9.18 Å². The predicted octanol–water partition coefficient (Wildman–Crippen LogP) is 5.19. The van der Waals surface area contributed by atoms with Crippen molar-refractivity contribution in [2.45, 2.75) is 46.1 Å². The molecule has 0 radical (unpaired) electrons. The summed E-state index contributed by atoms with van der Waals surface area (Å²) in [7, 11) is 0. The Kier molecular flexibility index (Phi) is 5.95. The Morgan fingerprint density at radius 1 is 1.15 bits per heavy atom. The van der Waals surface area contributed by atoms with Crippen molar-refractivity contribution in [1.29, 1.82) is 0 Å². The number of carbonyl (C=O) groups excluding carboxylic acids is 1. The lowest BCUT2D eigenvalue weighted by Gasteiger charge is -2.38. The highest BCUT2D eigenvalue weighted by molar-refractivity contribution is 5.95. The van der Waals surface area contributed by atoms with Crippen molar-refractivity contribution in [3.05, 3.63) is 65.5 Å². The van der Waals surface area contributed by atoms with Crippen LogP contribution in [-0.4, -0.2) is 23.9 Å². The number of carbonyl (C=O) groups is 1. The maximum Gasteiger partial charge on any atom is 0.230 e. The van der Waals surface area contributed by atoms with Crippen LogP contribution in [0.2, 0.25) is 0 Å². The Hall–Kier alpha value is -2.20. The molecule has 1 N–H and O–H groups in total. The van der Waals surface area contributed by atoms with E-state index < -0.39 is 0 Å². The lowest BCUT2D eigenvalue weighted by molar-refractivity contribution is -0.127. The van der Waals surface area contributed by atoms with Crippen LogP contribution in [0.15, 0.2) is 48.5 Å². The average Bonchev–Trinajstić information content (AvgIpc) is 2.64. The van der Waals surface area contributed by atoms with E-state index in [1.807, 2.05) is 25.1 Å². The Balaban J connectivity index is 1.55. The zero-order valence-corrected chi connectivity index (χ0v) is 16.5. The molecule has 4 heteroatoms.